The smallest absolute Gasteiger partial charge is 0.171 e. The molecule has 0 spiro atoms. The Kier molecular flexibility index (Phi) is 3.32. The lowest BCUT2D eigenvalue weighted by molar-refractivity contribution is 0.595. The van der Waals surface area contributed by atoms with E-state index in [1.54, 1.807) is 0 Å². The molecule has 0 aromatic rings. The van der Waals surface area contributed by atoms with Gasteiger partial charge < -0.3 is 0 Å². The van der Waals surface area contributed by atoms with E-state index in [4.69, 9.17) is 0 Å². The van der Waals surface area contributed by atoms with E-state index in [1.807, 2.05) is 6.08 Å². The first-order valence-electron chi connectivity index (χ1n) is 4.50. The number of hydrogen-bond donors (Lipinski definition) is 0. The van der Waals surface area contributed by atoms with Crippen LogP contribution < -0.4 is 0 Å². The molecule has 0 aromatic carbocycles. The van der Waals surface area contributed by atoms with Crippen molar-refractivity contribution in [1.29, 1.82) is 0 Å². The molecule has 0 fully saturated rings. The maximum Gasteiger partial charge on any atom is 0.171 e. The number of allylic oxidation sites excluding steroid dienone is 2. The fourth-order valence-corrected chi connectivity index (χ4v) is 2.43. The highest BCUT2D eigenvalue weighted by atomic mass is 32.2. The molecule has 0 amide bonds. The molecule has 0 unspecified atom stereocenters. The Morgan fingerprint density at radius 2 is 1.83 bits per heavy atom. The van der Waals surface area contributed by atoms with Crippen molar-refractivity contribution in [2.24, 2.45) is 0 Å². The van der Waals surface area contributed by atoms with Gasteiger partial charge in [-0.25, -0.2) is 8.42 Å². The molecule has 0 radical (unpaired) electrons. The summed E-state index contributed by atoms with van der Waals surface area (Å²) in [4.78, 5) is 0.655. The summed E-state index contributed by atoms with van der Waals surface area (Å²) in [6.45, 7) is 0. The SMILES string of the molecule is CS(=O)(=O)/C1=C/CCCCCC1. The minimum Gasteiger partial charge on any atom is -0.224 e. The summed E-state index contributed by atoms with van der Waals surface area (Å²) < 4.78 is 22.4. The molecule has 0 aromatic heterocycles. The largest absolute Gasteiger partial charge is 0.224 e. The molecular weight excluding hydrogens is 172 g/mol. The van der Waals surface area contributed by atoms with Crippen LogP contribution in [0, 0.1) is 0 Å². The Morgan fingerprint density at radius 1 is 1.17 bits per heavy atom. The van der Waals surface area contributed by atoms with Crippen LogP contribution >= 0.6 is 0 Å². The van der Waals surface area contributed by atoms with Gasteiger partial charge in [-0.05, 0) is 25.7 Å². The number of sulfone groups is 1. The van der Waals surface area contributed by atoms with Crippen LogP contribution in [0.15, 0.2) is 11.0 Å². The first-order valence-corrected chi connectivity index (χ1v) is 6.39. The van der Waals surface area contributed by atoms with Gasteiger partial charge in [-0.2, -0.15) is 0 Å². The Balaban J connectivity index is 2.73. The minimum atomic E-state index is -2.90. The predicted molar refractivity (Wildman–Crippen MR) is 50.6 cm³/mol. The molecule has 0 N–H and O–H groups in total. The lowest BCUT2D eigenvalue weighted by atomic mass is 10.1. The monoisotopic (exact) mass is 188 g/mol. The van der Waals surface area contributed by atoms with Crippen LogP contribution in [0.5, 0.6) is 0 Å². The van der Waals surface area contributed by atoms with Gasteiger partial charge in [0.15, 0.2) is 9.84 Å². The van der Waals surface area contributed by atoms with E-state index in [9.17, 15) is 8.42 Å². The van der Waals surface area contributed by atoms with Gasteiger partial charge in [0.25, 0.3) is 0 Å². The molecule has 0 aliphatic heterocycles. The van der Waals surface area contributed by atoms with Crippen LogP contribution in [-0.2, 0) is 9.84 Å². The number of hydrogen-bond acceptors (Lipinski definition) is 2. The fraction of sp³-hybridized carbons (Fsp3) is 0.778. The summed E-state index contributed by atoms with van der Waals surface area (Å²) in [6.07, 6.45) is 9.47. The normalized spacial score (nSPS) is 25.2. The van der Waals surface area contributed by atoms with Crippen molar-refractivity contribution in [2.75, 3.05) is 6.26 Å². The zero-order valence-corrected chi connectivity index (χ0v) is 8.36. The Morgan fingerprint density at radius 3 is 2.50 bits per heavy atom. The van der Waals surface area contributed by atoms with Crippen molar-refractivity contribution >= 4 is 9.84 Å². The summed E-state index contributed by atoms with van der Waals surface area (Å²) in [5.41, 5.74) is 0. The van der Waals surface area contributed by atoms with Crippen molar-refractivity contribution in [2.45, 2.75) is 38.5 Å². The zero-order chi connectivity index (χ0) is 9.03. The molecule has 3 heteroatoms. The summed E-state index contributed by atoms with van der Waals surface area (Å²) >= 11 is 0. The molecule has 12 heavy (non-hydrogen) atoms. The van der Waals surface area contributed by atoms with Gasteiger partial charge >= 0.3 is 0 Å². The molecule has 1 aliphatic carbocycles. The van der Waals surface area contributed by atoms with E-state index >= 15 is 0 Å². The van der Waals surface area contributed by atoms with Crippen LogP contribution in [0.1, 0.15) is 38.5 Å². The third kappa shape index (κ3) is 2.97. The third-order valence-electron chi connectivity index (χ3n) is 2.23. The highest BCUT2D eigenvalue weighted by molar-refractivity contribution is 7.94. The maximum atomic E-state index is 11.2. The van der Waals surface area contributed by atoms with Crippen molar-refractivity contribution in [3.05, 3.63) is 11.0 Å². The van der Waals surface area contributed by atoms with Gasteiger partial charge in [0.1, 0.15) is 0 Å². The lowest BCUT2D eigenvalue weighted by Crippen LogP contribution is -2.02. The van der Waals surface area contributed by atoms with Gasteiger partial charge in [-0.1, -0.05) is 18.9 Å². The van der Waals surface area contributed by atoms with Gasteiger partial charge in [0, 0.05) is 11.2 Å². The first-order chi connectivity index (χ1) is 5.61. The van der Waals surface area contributed by atoms with Gasteiger partial charge in [0.2, 0.25) is 0 Å². The molecule has 0 saturated heterocycles. The Hall–Kier alpha value is -0.310. The van der Waals surface area contributed by atoms with Crippen LogP contribution in [0.2, 0.25) is 0 Å². The highest BCUT2D eigenvalue weighted by Crippen LogP contribution is 2.20. The molecule has 2 nitrogen and oxygen atoms in total. The lowest BCUT2D eigenvalue weighted by Gasteiger charge is -2.08. The molecular formula is C9H16O2S. The minimum absolute atomic E-state index is 0.655. The quantitative estimate of drug-likeness (QED) is 0.632. The van der Waals surface area contributed by atoms with Gasteiger partial charge in [-0.3, -0.25) is 0 Å². The predicted octanol–water partition coefficient (Wildman–Crippen LogP) is 2.27. The maximum absolute atomic E-state index is 11.2. The van der Waals surface area contributed by atoms with Crippen LogP contribution in [0.4, 0.5) is 0 Å². The molecule has 0 heterocycles. The standard InChI is InChI=1S/C9H16O2S/c1-12(10,11)9-7-5-3-2-4-6-8-9/h7H,2-6,8H2,1H3/b9-7+. The first kappa shape index (κ1) is 9.78. The second kappa shape index (κ2) is 4.08. The molecule has 0 saturated carbocycles. The van der Waals surface area contributed by atoms with Crippen LogP contribution in [-0.4, -0.2) is 14.7 Å². The topological polar surface area (TPSA) is 34.1 Å². The Labute approximate surface area is 74.6 Å². The second-order valence-corrected chi connectivity index (χ2v) is 5.46. The summed E-state index contributed by atoms with van der Waals surface area (Å²) in [6, 6.07) is 0. The fourth-order valence-electron chi connectivity index (χ4n) is 1.50. The third-order valence-corrected chi connectivity index (χ3v) is 3.55. The Bertz CT molecular complexity index is 262. The van der Waals surface area contributed by atoms with E-state index in [2.05, 4.69) is 0 Å². The van der Waals surface area contributed by atoms with Crippen LogP contribution in [0.25, 0.3) is 0 Å². The van der Waals surface area contributed by atoms with Crippen molar-refractivity contribution in [1.82, 2.24) is 0 Å². The van der Waals surface area contributed by atoms with Crippen molar-refractivity contribution < 1.29 is 8.42 Å². The van der Waals surface area contributed by atoms with E-state index in [-0.39, 0.29) is 0 Å². The molecule has 0 atom stereocenters. The average molecular weight is 188 g/mol. The van der Waals surface area contributed by atoms with Crippen LogP contribution in [0.3, 0.4) is 0 Å². The zero-order valence-electron chi connectivity index (χ0n) is 7.54. The van der Waals surface area contributed by atoms with Crippen molar-refractivity contribution in [3.8, 4) is 0 Å². The summed E-state index contributed by atoms with van der Waals surface area (Å²) in [5.74, 6) is 0. The van der Waals surface area contributed by atoms with E-state index in [1.165, 1.54) is 19.1 Å². The average Bonchev–Trinajstić information content (AvgIpc) is 1.81. The van der Waals surface area contributed by atoms with E-state index in [0.29, 0.717) is 4.91 Å². The number of rotatable bonds is 1. The molecule has 1 rings (SSSR count). The molecule has 70 valence electrons. The molecule has 1 aliphatic rings. The second-order valence-electron chi connectivity index (χ2n) is 3.40. The summed E-state index contributed by atoms with van der Waals surface area (Å²) in [7, 11) is -2.90. The van der Waals surface area contributed by atoms with Gasteiger partial charge in [0.05, 0.1) is 0 Å². The molecule has 0 bridgehead atoms. The van der Waals surface area contributed by atoms with E-state index < -0.39 is 9.84 Å². The van der Waals surface area contributed by atoms with E-state index in [0.717, 1.165) is 25.7 Å². The van der Waals surface area contributed by atoms with Gasteiger partial charge in [-0.15, -0.1) is 0 Å². The van der Waals surface area contributed by atoms with Crippen molar-refractivity contribution in [3.63, 3.8) is 0 Å². The summed E-state index contributed by atoms with van der Waals surface area (Å²) in [5, 5.41) is 0. The highest BCUT2D eigenvalue weighted by Gasteiger charge is 2.11.